The van der Waals surface area contributed by atoms with E-state index in [2.05, 4.69) is 10.3 Å². The Bertz CT molecular complexity index is 974. The van der Waals surface area contributed by atoms with Crippen molar-refractivity contribution in [3.8, 4) is 5.69 Å². The van der Waals surface area contributed by atoms with Crippen LogP contribution in [0.5, 0.6) is 0 Å². The second kappa shape index (κ2) is 6.29. The van der Waals surface area contributed by atoms with E-state index in [1.807, 2.05) is 70.6 Å². The Balaban J connectivity index is 1.59. The number of hydrogen-bond donors (Lipinski definition) is 1. The van der Waals surface area contributed by atoms with Gasteiger partial charge in [-0.1, -0.05) is 24.3 Å². The van der Waals surface area contributed by atoms with Crippen LogP contribution in [0.25, 0.3) is 16.7 Å². The number of imidazole rings is 1. The van der Waals surface area contributed by atoms with Gasteiger partial charge in [-0.2, -0.15) is 0 Å². The Morgan fingerprint density at radius 3 is 2.75 bits per heavy atom. The average molecular weight is 333 g/mol. The Kier molecular flexibility index (Phi) is 3.84. The number of thiophene rings is 1. The van der Waals surface area contributed by atoms with Crippen molar-refractivity contribution in [3.05, 3.63) is 82.8 Å². The Hall–Kier alpha value is -2.92. The lowest BCUT2D eigenvalue weighted by Gasteiger charge is -2.06. The number of aromatic nitrogens is 2. The number of amides is 1. The van der Waals surface area contributed by atoms with Gasteiger partial charge in [-0.3, -0.25) is 9.36 Å². The van der Waals surface area contributed by atoms with Gasteiger partial charge in [0, 0.05) is 16.1 Å². The van der Waals surface area contributed by atoms with Gasteiger partial charge >= 0.3 is 0 Å². The van der Waals surface area contributed by atoms with E-state index in [0.717, 1.165) is 21.6 Å². The third kappa shape index (κ3) is 2.81. The number of nitrogens with zero attached hydrogens (tertiary/aromatic N) is 2. The van der Waals surface area contributed by atoms with Gasteiger partial charge in [0.15, 0.2) is 0 Å². The molecule has 4 rings (SSSR count). The topological polar surface area (TPSA) is 46.9 Å². The first kappa shape index (κ1) is 14.7. The fourth-order valence-electron chi connectivity index (χ4n) is 2.63. The lowest BCUT2D eigenvalue weighted by molar-refractivity contribution is 0.0951. The molecular weight excluding hydrogens is 318 g/mol. The minimum atomic E-state index is -0.0837. The molecular formula is C19H15N3OS. The zero-order valence-electron chi connectivity index (χ0n) is 12.8. The lowest BCUT2D eigenvalue weighted by atomic mass is 10.2. The third-order valence-electron chi connectivity index (χ3n) is 3.85. The molecule has 4 aromatic rings. The molecule has 0 aliphatic carbocycles. The highest BCUT2D eigenvalue weighted by atomic mass is 32.1. The first-order valence-electron chi connectivity index (χ1n) is 7.64. The number of hydrogen-bond acceptors (Lipinski definition) is 3. The fourth-order valence-corrected chi connectivity index (χ4v) is 3.28. The summed E-state index contributed by atoms with van der Waals surface area (Å²) in [6.07, 6.45) is 1.79. The third-order valence-corrected chi connectivity index (χ3v) is 4.72. The van der Waals surface area contributed by atoms with Crippen molar-refractivity contribution in [1.82, 2.24) is 14.9 Å². The van der Waals surface area contributed by atoms with Crippen molar-refractivity contribution in [2.45, 2.75) is 6.54 Å². The molecule has 118 valence electrons. The molecule has 0 unspecified atom stereocenters. The predicted octanol–water partition coefficient (Wildman–Crippen LogP) is 4.02. The molecule has 2 aromatic heterocycles. The number of benzene rings is 2. The molecule has 2 aromatic carbocycles. The average Bonchev–Trinajstić information content (AvgIpc) is 3.29. The molecule has 5 heteroatoms. The van der Waals surface area contributed by atoms with Gasteiger partial charge in [0.25, 0.3) is 5.91 Å². The van der Waals surface area contributed by atoms with Crippen molar-refractivity contribution >= 4 is 28.3 Å². The highest BCUT2D eigenvalue weighted by Crippen LogP contribution is 2.19. The van der Waals surface area contributed by atoms with E-state index in [1.165, 1.54) is 0 Å². The number of rotatable bonds is 4. The predicted molar refractivity (Wildman–Crippen MR) is 96.6 cm³/mol. The molecule has 0 fully saturated rings. The summed E-state index contributed by atoms with van der Waals surface area (Å²) in [4.78, 5) is 17.9. The molecule has 0 saturated heterocycles. The van der Waals surface area contributed by atoms with Crippen LogP contribution in [0, 0.1) is 0 Å². The van der Waals surface area contributed by atoms with Crippen molar-refractivity contribution in [3.63, 3.8) is 0 Å². The molecule has 0 saturated carbocycles. The van der Waals surface area contributed by atoms with E-state index < -0.39 is 0 Å². The maximum absolute atomic E-state index is 12.3. The van der Waals surface area contributed by atoms with Crippen LogP contribution >= 0.6 is 11.3 Å². The van der Waals surface area contributed by atoms with Gasteiger partial charge in [0.05, 0.1) is 17.6 Å². The molecule has 4 nitrogen and oxygen atoms in total. The summed E-state index contributed by atoms with van der Waals surface area (Å²) in [5.74, 6) is -0.0837. The first-order valence-corrected chi connectivity index (χ1v) is 8.52. The van der Waals surface area contributed by atoms with Crippen LogP contribution in [-0.4, -0.2) is 15.5 Å². The van der Waals surface area contributed by atoms with Gasteiger partial charge in [-0.15, -0.1) is 11.3 Å². The minimum absolute atomic E-state index is 0.0837. The SMILES string of the molecule is O=C(NCc1cccs1)c1ccc2c(c1)ncn2-c1ccccc1. The van der Waals surface area contributed by atoms with Crippen LogP contribution in [0.2, 0.25) is 0 Å². The summed E-state index contributed by atoms with van der Waals surface area (Å²) in [5, 5.41) is 4.95. The summed E-state index contributed by atoms with van der Waals surface area (Å²) in [5.41, 5.74) is 3.46. The number of nitrogens with one attached hydrogen (secondary N) is 1. The van der Waals surface area contributed by atoms with Crippen molar-refractivity contribution in [1.29, 1.82) is 0 Å². The first-order chi connectivity index (χ1) is 11.8. The van der Waals surface area contributed by atoms with Gasteiger partial charge in [0.1, 0.15) is 6.33 Å². The fraction of sp³-hybridized carbons (Fsp3) is 0.0526. The molecule has 1 N–H and O–H groups in total. The minimum Gasteiger partial charge on any atom is -0.347 e. The van der Waals surface area contributed by atoms with Crippen LogP contribution in [-0.2, 0) is 6.54 Å². The van der Waals surface area contributed by atoms with E-state index >= 15 is 0 Å². The molecule has 24 heavy (non-hydrogen) atoms. The number of carbonyl (C=O) groups is 1. The van der Waals surface area contributed by atoms with Gasteiger partial charge in [-0.25, -0.2) is 4.98 Å². The van der Waals surface area contributed by atoms with Gasteiger partial charge in [0.2, 0.25) is 0 Å². The highest BCUT2D eigenvalue weighted by molar-refractivity contribution is 7.09. The molecule has 0 atom stereocenters. The van der Waals surface area contributed by atoms with Crippen LogP contribution in [0.4, 0.5) is 0 Å². The summed E-state index contributed by atoms with van der Waals surface area (Å²) in [7, 11) is 0. The van der Waals surface area contributed by atoms with E-state index in [9.17, 15) is 4.79 Å². The number of carbonyl (C=O) groups excluding carboxylic acids is 1. The lowest BCUT2D eigenvalue weighted by Crippen LogP contribution is -2.22. The van der Waals surface area contributed by atoms with E-state index in [4.69, 9.17) is 0 Å². The highest BCUT2D eigenvalue weighted by Gasteiger charge is 2.10. The smallest absolute Gasteiger partial charge is 0.251 e. The maximum atomic E-state index is 12.3. The summed E-state index contributed by atoms with van der Waals surface area (Å²) in [6, 6.07) is 19.6. The van der Waals surface area contributed by atoms with Gasteiger partial charge in [-0.05, 0) is 41.8 Å². The Labute approximate surface area is 143 Å². The standard InChI is InChI=1S/C19H15N3OS/c23-19(20-12-16-7-4-10-24-16)14-8-9-18-17(11-14)21-13-22(18)15-5-2-1-3-6-15/h1-11,13H,12H2,(H,20,23). The monoisotopic (exact) mass is 333 g/mol. The van der Waals surface area contributed by atoms with Crippen LogP contribution in [0.1, 0.15) is 15.2 Å². The Morgan fingerprint density at radius 1 is 1.08 bits per heavy atom. The zero-order chi connectivity index (χ0) is 16.4. The number of fused-ring (bicyclic) bond motifs is 1. The zero-order valence-corrected chi connectivity index (χ0v) is 13.7. The van der Waals surface area contributed by atoms with Gasteiger partial charge < -0.3 is 5.32 Å². The van der Waals surface area contributed by atoms with Crippen LogP contribution < -0.4 is 5.32 Å². The van der Waals surface area contributed by atoms with E-state index in [-0.39, 0.29) is 5.91 Å². The van der Waals surface area contributed by atoms with E-state index in [1.54, 1.807) is 17.7 Å². The normalized spacial score (nSPS) is 10.8. The Morgan fingerprint density at radius 2 is 1.96 bits per heavy atom. The molecule has 0 spiro atoms. The van der Waals surface area contributed by atoms with Crippen LogP contribution in [0.3, 0.4) is 0 Å². The molecule has 2 heterocycles. The second-order valence-corrected chi connectivity index (χ2v) is 6.45. The number of para-hydroxylation sites is 1. The molecule has 0 radical (unpaired) electrons. The maximum Gasteiger partial charge on any atom is 0.251 e. The summed E-state index contributed by atoms with van der Waals surface area (Å²) < 4.78 is 2.02. The van der Waals surface area contributed by atoms with Crippen LogP contribution in [0.15, 0.2) is 72.4 Å². The van der Waals surface area contributed by atoms with Crippen molar-refractivity contribution in [2.75, 3.05) is 0 Å². The summed E-state index contributed by atoms with van der Waals surface area (Å²) >= 11 is 1.63. The van der Waals surface area contributed by atoms with E-state index in [0.29, 0.717) is 12.1 Å². The second-order valence-electron chi connectivity index (χ2n) is 5.42. The molecule has 0 bridgehead atoms. The molecule has 0 aliphatic heterocycles. The molecule has 1 amide bonds. The quantitative estimate of drug-likeness (QED) is 0.613. The largest absolute Gasteiger partial charge is 0.347 e. The van der Waals surface area contributed by atoms with Crippen molar-refractivity contribution in [2.24, 2.45) is 0 Å². The molecule has 0 aliphatic rings. The summed E-state index contributed by atoms with van der Waals surface area (Å²) in [6.45, 7) is 0.549. The van der Waals surface area contributed by atoms with Crippen molar-refractivity contribution < 1.29 is 4.79 Å².